The summed E-state index contributed by atoms with van der Waals surface area (Å²) in [6.45, 7) is 2.41. The van der Waals surface area contributed by atoms with Crippen LogP contribution in [0, 0.1) is 0 Å². The number of hydrogen-bond donors (Lipinski definition) is 2. The number of urea groups is 1. The minimum atomic E-state index is -0.177. The quantitative estimate of drug-likeness (QED) is 0.860. The second kappa shape index (κ2) is 8.19. The lowest BCUT2D eigenvalue weighted by Crippen LogP contribution is -2.53. The maximum absolute atomic E-state index is 12.4. The Balaban J connectivity index is 1.43. The maximum Gasteiger partial charge on any atom is 0.317 e. The molecular formula is C18H31N5O2. The lowest BCUT2D eigenvalue weighted by atomic mass is 9.89. The fourth-order valence-electron chi connectivity index (χ4n) is 4.01. The summed E-state index contributed by atoms with van der Waals surface area (Å²) < 4.78 is 1.93. The van der Waals surface area contributed by atoms with Gasteiger partial charge in [-0.3, -0.25) is 4.90 Å². The fourth-order valence-corrected chi connectivity index (χ4v) is 4.01. The number of aliphatic hydroxyl groups is 1. The zero-order valence-corrected chi connectivity index (χ0v) is 15.4. The number of piperidine rings is 1. The molecule has 0 spiro atoms. The van der Waals surface area contributed by atoms with E-state index in [4.69, 9.17) is 0 Å². The average Bonchev–Trinajstić information content (AvgIpc) is 3.01. The Morgan fingerprint density at radius 3 is 2.68 bits per heavy atom. The third kappa shape index (κ3) is 4.52. The van der Waals surface area contributed by atoms with Crippen molar-refractivity contribution in [1.82, 2.24) is 24.7 Å². The van der Waals surface area contributed by atoms with E-state index in [1.165, 1.54) is 6.42 Å². The lowest BCUT2D eigenvalue weighted by molar-refractivity contribution is 0.00755. The number of carbonyl (C=O) groups excluding carboxylic acids is 1. The molecule has 0 radical (unpaired) electrons. The highest BCUT2D eigenvalue weighted by molar-refractivity contribution is 5.74. The van der Waals surface area contributed by atoms with Crippen molar-refractivity contribution in [2.24, 2.45) is 7.05 Å². The van der Waals surface area contributed by atoms with Crippen molar-refractivity contribution in [3.05, 3.63) is 18.2 Å². The predicted molar refractivity (Wildman–Crippen MR) is 96.1 cm³/mol. The number of amides is 2. The normalized spacial score (nSPS) is 25.7. The molecule has 1 aliphatic carbocycles. The monoisotopic (exact) mass is 349 g/mol. The molecule has 1 aliphatic heterocycles. The number of nitrogens with one attached hydrogen (secondary N) is 1. The summed E-state index contributed by atoms with van der Waals surface area (Å²) in [5.41, 5.74) is 0. The molecule has 1 aromatic rings. The second-order valence-electron chi connectivity index (χ2n) is 7.49. The number of aryl methyl sites for hydroxylation is 1. The summed E-state index contributed by atoms with van der Waals surface area (Å²) in [6.07, 6.45) is 9.75. The van der Waals surface area contributed by atoms with E-state index in [1.807, 2.05) is 17.8 Å². The molecule has 25 heavy (non-hydrogen) atoms. The largest absolute Gasteiger partial charge is 0.391 e. The Kier molecular flexibility index (Phi) is 5.96. The van der Waals surface area contributed by atoms with E-state index in [0.717, 1.165) is 51.0 Å². The van der Waals surface area contributed by atoms with Crippen LogP contribution >= 0.6 is 0 Å². The first-order chi connectivity index (χ1) is 12.0. The first-order valence-electron chi connectivity index (χ1n) is 9.44. The molecule has 3 rings (SSSR count). The summed E-state index contributed by atoms with van der Waals surface area (Å²) in [5, 5.41) is 13.4. The first-order valence-corrected chi connectivity index (χ1v) is 9.44. The van der Waals surface area contributed by atoms with Gasteiger partial charge in [0.15, 0.2) is 0 Å². The topological polar surface area (TPSA) is 73.6 Å². The number of nitrogens with zero attached hydrogens (tertiary/aromatic N) is 4. The molecule has 0 aromatic carbocycles. The van der Waals surface area contributed by atoms with Crippen molar-refractivity contribution in [3.63, 3.8) is 0 Å². The number of aromatic nitrogens is 2. The number of carbonyl (C=O) groups is 1. The van der Waals surface area contributed by atoms with E-state index in [0.29, 0.717) is 12.6 Å². The van der Waals surface area contributed by atoms with Crippen LogP contribution < -0.4 is 5.32 Å². The molecule has 140 valence electrons. The number of likely N-dealkylation sites (tertiary alicyclic amines) is 1. The number of aliphatic hydroxyl groups excluding tert-OH is 1. The SMILES string of the molecule is CN(Cc1nccn1C)C(=O)NC1CCN(C2CCCCC2O)CC1. The maximum atomic E-state index is 12.4. The van der Waals surface area contributed by atoms with Gasteiger partial charge in [-0.1, -0.05) is 12.8 Å². The van der Waals surface area contributed by atoms with Gasteiger partial charge in [0.1, 0.15) is 5.82 Å². The molecule has 2 fully saturated rings. The summed E-state index contributed by atoms with van der Waals surface area (Å²) in [5.74, 6) is 0.874. The molecule has 2 unspecified atom stereocenters. The third-order valence-corrected chi connectivity index (χ3v) is 5.67. The van der Waals surface area contributed by atoms with E-state index in [9.17, 15) is 9.90 Å². The molecule has 2 amide bonds. The van der Waals surface area contributed by atoms with E-state index in [2.05, 4.69) is 15.2 Å². The van der Waals surface area contributed by atoms with Crippen LogP contribution in [0.1, 0.15) is 44.3 Å². The molecule has 7 heteroatoms. The first kappa shape index (κ1) is 18.2. The second-order valence-corrected chi connectivity index (χ2v) is 7.49. The van der Waals surface area contributed by atoms with Gasteiger partial charge in [-0.05, 0) is 25.7 Å². The molecule has 0 bridgehead atoms. The van der Waals surface area contributed by atoms with Gasteiger partial charge < -0.3 is 19.9 Å². The van der Waals surface area contributed by atoms with E-state index in [1.54, 1.807) is 18.1 Å². The summed E-state index contributed by atoms with van der Waals surface area (Å²) in [4.78, 5) is 20.8. The number of imidazole rings is 1. The Morgan fingerprint density at radius 1 is 1.32 bits per heavy atom. The third-order valence-electron chi connectivity index (χ3n) is 5.67. The van der Waals surface area contributed by atoms with Gasteiger partial charge >= 0.3 is 6.03 Å². The molecule has 2 atom stereocenters. The van der Waals surface area contributed by atoms with Crippen LogP contribution in [0.15, 0.2) is 12.4 Å². The molecule has 7 nitrogen and oxygen atoms in total. The zero-order chi connectivity index (χ0) is 17.8. The highest BCUT2D eigenvalue weighted by Gasteiger charge is 2.32. The van der Waals surface area contributed by atoms with Crippen LogP contribution in [-0.2, 0) is 13.6 Å². The molecule has 1 saturated heterocycles. The van der Waals surface area contributed by atoms with Crippen LogP contribution in [0.2, 0.25) is 0 Å². The Bertz CT molecular complexity index is 568. The van der Waals surface area contributed by atoms with Gasteiger partial charge in [-0.25, -0.2) is 9.78 Å². The zero-order valence-electron chi connectivity index (χ0n) is 15.4. The Morgan fingerprint density at radius 2 is 2.04 bits per heavy atom. The number of rotatable bonds is 4. The van der Waals surface area contributed by atoms with Crippen molar-refractivity contribution in [3.8, 4) is 0 Å². The molecule has 1 aromatic heterocycles. The van der Waals surface area contributed by atoms with Crippen LogP contribution in [0.5, 0.6) is 0 Å². The van der Waals surface area contributed by atoms with Crippen molar-refractivity contribution in [2.45, 2.75) is 63.3 Å². The van der Waals surface area contributed by atoms with Crippen molar-refractivity contribution in [2.75, 3.05) is 20.1 Å². The average molecular weight is 349 g/mol. The highest BCUT2D eigenvalue weighted by atomic mass is 16.3. The smallest absolute Gasteiger partial charge is 0.317 e. The van der Waals surface area contributed by atoms with Gasteiger partial charge in [0.25, 0.3) is 0 Å². The molecule has 2 N–H and O–H groups in total. The van der Waals surface area contributed by atoms with Gasteiger partial charge in [0, 0.05) is 51.7 Å². The molecular weight excluding hydrogens is 318 g/mol. The van der Waals surface area contributed by atoms with E-state index >= 15 is 0 Å². The Labute approximate surface area is 150 Å². The Hall–Kier alpha value is -1.60. The predicted octanol–water partition coefficient (Wildman–Crippen LogP) is 1.33. The minimum Gasteiger partial charge on any atom is -0.391 e. The van der Waals surface area contributed by atoms with Crippen LogP contribution in [-0.4, -0.2) is 68.8 Å². The molecule has 2 heterocycles. The summed E-state index contributed by atoms with van der Waals surface area (Å²) >= 11 is 0. The van der Waals surface area contributed by atoms with Gasteiger partial charge in [-0.15, -0.1) is 0 Å². The van der Waals surface area contributed by atoms with E-state index in [-0.39, 0.29) is 18.2 Å². The summed E-state index contributed by atoms with van der Waals surface area (Å²) in [6, 6.07) is 0.490. The molecule has 2 aliphatic rings. The standard InChI is InChI=1S/C18H31N5O2/c1-21-12-9-19-17(21)13-22(2)18(25)20-14-7-10-23(11-8-14)15-5-3-4-6-16(15)24/h9,12,14-16,24H,3-8,10-11,13H2,1-2H3,(H,20,25). The van der Waals surface area contributed by atoms with Gasteiger partial charge in [0.05, 0.1) is 12.6 Å². The van der Waals surface area contributed by atoms with Gasteiger partial charge in [0.2, 0.25) is 0 Å². The number of hydrogen-bond acceptors (Lipinski definition) is 4. The van der Waals surface area contributed by atoms with Crippen LogP contribution in [0.4, 0.5) is 4.79 Å². The molecule has 1 saturated carbocycles. The van der Waals surface area contributed by atoms with Crippen molar-refractivity contribution in [1.29, 1.82) is 0 Å². The van der Waals surface area contributed by atoms with Crippen molar-refractivity contribution >= 4 is 6.03 Å². The minimum absolute atomic E-state index is 0.0425. The van der Waals surface area contributed by atoms with E-state index < -0.39 is 0 Å². The lowest BCUT2D eigenvalue weighted by Gasteiger charge is -2.41. The van der Waals surface area contributed by atoms with Gasteiger partial charge in [-0.2, -0.15) is 0 Å². The van der Waals surface area contributed by atoms with Crippen LogP contribution in [0.3, 0.4) is 0 Å². The fraction of sp³-hybridized carbons (Fsp3) is 0.778. The summed E-state index contributed by atoms with van der Waals surface area (Å²) in [7, 11) is 3.74. The van der Waals surface area contributed by atoms with Crippen LogP contribution in [0.25, 0.3) is 0 Å². The highest BCUT2D eigenvalue weighted by Crippen LogP contribution is 2.25. The van der Waals surface area contributed by atoms with Crippen molar-refractivity contribution < 1.29 is 9.90 Å².